The third-order valence-corrected chi connectivity index (χ3v) is 10.8. The van der Waals surface area contributed by atoms with Crippen molar-refractivity contribution in [3.63, 3.8) is 0 Å². The number of aromatic nitrogens is 2. The zero-order chi connectivity index (χ0) is 29.9. The Bertz CT molecular complexity index is 1430. The molecule has 1 aromatic carbocycles. The number of nitrogens with zero attached hydrogens (tertiary/aromatic N) is 5. The third-order valence-electron chi connectivity index (χ3n) is 10.8. The minimum atomic E-state index is 0.646. The molecule has 43 heavy (non-hydrogen) atoms. The number of piperidine rings is 2. The first-order chi connectivity index (χ1) is 20.8. The first kappa shape index (κ1) is 30.1. The molecule has 5 heterocycles. The monoisotopic (exact) mass is 584 g/mol. The van der Waals surface area contributed by atoms with Gasteiger partial charge in [-0.05, 0) is 80.2 Å². The molecule has 0 bridgehead atoms. The summed E-state index contributed by atoms with van der Waals surface area (Å²) in [7, 11) is 9.30. The molecule has 3 aliphatic rings. The van der Waals surface area contributed by atoms with Crippen LogP contribution in [0.15, 0.2) is 59.3 Å². The lowest BCUT2D eigenvalue weighted by molar-refractivity contribution is -0.915. The Morgan fingerprint density at radius 1 is 0.907 bits per heavy atom. The average Bonchev–Trinajstić information content (AvgIpc) is 3.42. The van der Waals surface area contributed by atoms with Crippen molar-refractivity contribution >= 4 is 28.6 Å². The van der Waals surface area contributed by atoms with Crippen LogP contribution in [-0.4, -0.2) is 74.4 Å². The number of rotatable bonds is 10. The Kier molecular flexibility index (Phi) is 9.06. The highest BCUT2D eigenvalue weighted by molar-refractivity contribution is 5.94. The van der Waals surface area contributed by atoms with Gasteiger partial charge in [0.05, 0.1) is 67.1 Å². The average molecular weight is 585 g/mol. The Labute approximate surface area is 259 Å². The first-order valence-electron chi connectivity index (χ1n) is 16.9. The van der Waals surface area contributed by atoms with Crippen LogP contribution >= 0.6 is 0 Å². The van der Waals surface area contributed by atoms with Crippen LogP contribution in [-0.2, 0) is 7.05 Å². The molecular formula is C37H54N5O+3. The van der Waals surface area contributed by atoms with Gasteiger partial charge in [-0.3, -0.25) is 0 Å². The van der Waals surface area contributed by atoms with Gasteiger partial charge in [0.1, 0.15) is 0 Å². The molecule has 0 radical (unpaired) electrons. The van der Waals surface area contributed by atoms with Gasteiger partial charge in [-0.1, -0.05) is 37.5 Å². The van der Waals surface area contributed by atoms with E-state index in [2.05, 4.69) is 68.7 Å². The quantitative estimate of drug-likeness (QED) is 0.149. The minimum absolute atomic E-state index is 0.646. The predicted octanol–water partition coefficient (Wildman–Crippen LogP) is 6.82. The van der Waals surface area contributed by atoms with Crippen molar-refractivity contribution in [1.82, 2.24) is 4.98 Å². The van der Waals surface area contributed by atoms with E-state index in [1.165, 1.54) is 111 Å². The lowest BCUT2D eigenvalue weighted by Crippen LogP contribution is -2.50. The topological polar surface area (TPSA) is 33.1 Å². The summed E-state index contributed by atoms with van der Waals surface area (Å²) >= 11 is 0. The summed E-state index contributed by atoms with van der Waals surface area (Å²) in [5, 5.41) is 0. The van der Waals surface area contributed by atoms with E-state index in [9.17, 15) is 0 Å². The Hall–Kier alpha value is -2.96. The predicted molar refractivity (Wildman–Crippen MR) is 177 cm³/mol. The van der Waals surface area contributed by atoms with E-state index in [-0.39, 0.29) is 0 Å². The number of quaternary nitrogens is 2. The number of unbranched alkanes of at least 4 members (excludes halogenated alkanes) is 1. The molecule has 0 atom stereocenters. The fourth-order valence-electron chi connectivity index (χ4n) is 7.69. The maximum atomic E-state index is 6.04. The maximum absolute atomic E-state index is 6.04. The molecule has 0 unspecified atom stereocenters. The van der Waals surface area contributed by atoms with Gasteiger partial charge in [-0.2, -0.15) is 0 Å². The zero-order valence-electron chi connectivity index (χ0n) is 27.2. The van der Waals surface area contributed by atoms with Crippen LogP contribution in [0.4, 0.5) is 5.69 Å². The third kappa shape index (κ3) is 7.41. The molecule has 230 valence electrons. The highest BCUT2D eigenvalue weighted by atomic mass is 16.3. The summed E-state index contributed by atoms with van der Waals surface area (Å²) < 4.78 is 10.5. The van der Waals surface area contributed by atoms with Gasteiger partial charge in [0, 0.05) is 35.1 Å². The van der Waals surface area contributed by atoms with Crippen LogP contribution in [0, 0.1) is 11.8 Å². The summed E-state index contributed by atoms with van der Waals surface area (Å²) in [6.45, 7) is 7.86. The molecule has 3 aliphatic heterocycles. The Balaban J connectivity index is 0.953. The number of pyridine rings is 1. The number of allylic oxidation sites excluding steroid dienone is 2. The fraction of sp³-hybridized carbons (Fsp3) is 0.568. The number of hydrogen-bond donors (Lipinski definition) is 0. The molecule has 6 heteroatoms. The van der Waals surface area contributed by atoms with Crippen molar-refractivity contribution in [3.8, 4) is 0 Å². The van der Waals surface area contributed by atoms with Gasteiger partial charge in [0.15, 0.2) is 0 Å². The van der Waals surface area contributed by atoms with Gasteiger partial charge in [-0.15, -0.1) is 0 Å². The second-order valence-electron chi connectivity index (χ2n) is 14.7. The first-order valence-corrected chi connectivity index (χ1v) is 16.9. The molecule has 0 amide bonds. The van der Waals surface area contributed by atoms with Crippen LogP contribution in [0.1, 0.15) is 69.2 Å². The second kappa shape index (κ2) is 13.0. The molecule has 0 saturated carbocycles. The van der Waals surface area contributed by atoms with Crippen LogP contribution in [0.5, 0.6) is 0 Å². The van der Waals surface area contributed by atoms with Gasteiger partial charge in [0.2, 0.25) is 5.58 Å². The number of aryl methyl sites for hydroxylation is 1. The number of likely N-dealkylation sites (tertiary alicyclic amines) is 2. The smallest absolute Gasteiger partial charge is 0.370 e. The molecule has 2 fully saturated rings. The van der Waals surface area contributed by atoms with Gasteiger partial charge in [-0.25, -0.2) is 4.57 Å². The molecule has 2 aromatic heterocycles. The van der Waals surface area contributed by atoms with E-state index < -0.39 is 0 Å². The van der Waals surface area contributed by atoms with E-state index in [0.717, 1.165) is 35.2 Å². The lowest BCUT2D eigenvalue weighted by atomic mass is 9.86. The highest BCUT2D eigenvalue weighted by Crippen LogP contribution is 2.35. The van der Waals surface area contributed by atoms with E-state index in [1.54, 1.807) is 0 Å². The van der Waals surface area contributed by atoms with Crippen LogP contribution < -0.4 is 9.47 Å². The Morgan fingerprint density at radius 2 is 1.63 bits per heavy atom. The van der Waals surface area contributed by atoms with Crippen LogP contribution in [0.3, 0.4) is 0 Å². The van der Waals surface area contributed by atoms with E-state index >= 15 is 0 Å². The molecule has 3 aromatic rings. The maximum Gasteiger partial charge on any atom is 0.370 e. The van der Waals surface area contributed by atoms with Crippen molar-refractivity contribution in [2.24, 2.45) is 18.9 Å². The summed E-state index contributed by atoms with van der Waals surface area (Å²) in [4.78, 5) is 7.15. The molecule has 2 saturated heterocycles. The SMILES string of the molecule is C[n+]1cccc2oc(/C=C3\C=CN(CCCC[N+]4(C)CCC(CCCC5CC[N+](C)(C)CC5)CC4)c4ccccc43)nc21. The number of benzene rings is 1. The molecule has 0 spiro atoms. The van der Waals surface area contributed by atoms with Crippen LogP contribution in [0.2, 0.25) is 0 Å². The number of anilines is 1. The molecule has 6 nitrogen and oxygen atoms in total. The van der Waals surface area contributed by atoms with E-state index in [4.69, 9.17) is 9.40 Å². The summed E-state index contributed by atoms with van der Waals surface area (Å²) in [6.07, 6.45) is 21.2. The van der Waals surface area contributed by atoms with Crippen molar-refractivity contribution in [2.75, 3.05) is 65.3 Å². The van der Waals surface area contributed by atoms with Crippen LogP contribution in [0.25, 0.3) is 22.9 Å². The van der Waals surface area contributed by atoms with Crippen molar-refractivity contribution < 1.29 is 18.0 Å². The number of para-hydroxylation sites is 1. The molecular weight excluding hydrogens is 530 g/mol. The molecule has 6 rings (SSSR count). The second-order valence-corrected chi connectivity index (χ2v) is 14.7. The van der Waals surface area contributed by atoms with Crippen molar-refractivity contribution in [3.05, 3.63) is 66.3 Å². The minimum Gasteiger partial charge on any atom is -0.411 e. The van der Waals surface area contributed by atoms with Gasteiger partial charge >= 0.3 is 11.5 Å². The number of oxazole rings is 1. The van der Waals surface area contributed by atoms with Gasteiger partial charge in [0.25, 0.3) is 0 Å². The Morgan fingerprint density at radius 3 is 2.37 bits per heavy atom. The molecule has 0 aliphatic carbocycles. The fourth-order valence-corrected chi connectivity index (χ4v) is 7.69. The van der Waals surface area contributed by atoms with Crippen molar-refractivity contribution in [2.45, 2.75) is 57.8 Å². The normalized spacial score (nSPS) is 25.0. The summed E-state index contributed by atoms with van der Waals surface area (Å²) in [5.41, 5.74) is 5.33. The van der Waals surface area contributed by atoms with Gasteiger partial charge < -0.3 is 18.3 Å². The van der Waals surface area contributed by atoms with Crippen molar-refractivity contribution in [1.29, 1.82) is 0 Å². The summed E-state index contributed by atoms with van der Waals surface area (Å²) in [6, 6.07) is 12.7. The van der Waals surface area contributed by atoms with E-state index in [0.29, 0.717) is 5.89 Å². The summed E-state index contributed by atoms with van der Waals surface area (Å²) in [5.74, 6) is 2.61. The lowest BCUT2D eigenvalue weighted by Gasteiger charge is -2.41. The standard InChI is InChI=1S/C37H54N5O/c1-39-21-10-15-35-37(39)38-36(43-35)29-32-16-23-40(34-14-6-5-13-33(32)34)22-7-8-24-42(4)27-19-31(20-28-42)12-9-11-30-17-25-41(2,3)26-18-30/h5-6,10,13-16,21,23,29-31H,7-9,11-12,17-20,22,24-28H2,1-4H3/q+3. The van der Waals surface area contributed by atoms with E-state index in [1.807, 2.05) is 29.9 Å². The number of fused-ring (bicyclic) bond motifs is 2. The number of hydrogen-bond acceptors (Lipinski definition) is 3. The highest BCUT2D eigenvalue weighted by Gasteiger charge is 2.30. The molecule has 0 N–H and O–H groups in total. The zero-order valence-corrected chi connectivity index (χ0v) is 27.2. The largest absolute Gasteiger partial charge is 0.411 e.